The first-order chi connectivity index (χ1) is 9.02. The number of aryl methyl sites for hydroxylation is 2. The molecule has 1 N–H and O–H groups in total. The minimum absolute atomic E-state index is 0.246. The maximum Gasteiger partial charge on any atom is 0.123 e. The summed E-state index contributed by atoms with van der Waals surface area (Å²) in [5, 5.41) is 3.75. The molecule has 2 rings (SSSR count). The molecule has 3 heteroatoms. The number of nitrogens with one attached hydrogen (secondary N) is 1. The first-order valence-electron chi connectivity index (χ1n) is 6.23. The summed E-state index contributed by atoms with van der Waals surface area (Å²) in [6, 6.07) is 8.77. The molecule has 100 valence electrons. The van der Waals surface area contributed by atoms with Crippen molar-refractivity contribution in [2.75, 3.05) is 7.05 Å². The molecule has 0 aliphatic heterocycles. The Morgan fingerprint density at radius 1 is 1.05 bits per heavy atom. The second-order valence-corrected chi connectivity index (χ2v) is 5.16. The van der Waals surface area contributed by atoms with Gasteiger partial charge >= 0.3 is 0 Å². The average molecular weight is 278 g/mol. The van der Waals surface area contributed by atoms with Gasteiger partial charge in [0.05, 0.1) is 0 Å². The van der Waals surface area contributed by atoms with Gasteiger partial charge in [0.2, 0.25) is 0 Å². The van der Waals surface area contributed by atoms with E-state index in [2.05, 4.69) is 5.32 Å². The Balaban J connectivity index is 2.63. The highest BCUT2D eigenvalue weighted by Gasteiger charge is 2.11. The van der Waals surface area contributed by atoms with Crippen molar-refractivity contribution >= 4 is 11.6 Å². The van der Waals surface area contributed by atoms with Gasteiger partial charge in [0.25, 0.3) is 0 Å². The molecule has 19 heavy (non-hydrogen) atoms. The highest BCUT2D eigenvalue weighted by Crippen LogP contribution is 2.33. The summed E-state index contributed by atoms with van der Waals surface area (Å²) in [4.78, 5) is 0. The minimum Gasteiger partial charge on any atom is -0.316 e. The Bertz CT molecular complexity index is 608. The Hall–Kier alpha value is -1.38. The van der Waals surface area contributed by atoms with Gasteiger partial charge in [0.1, 0.15) is 5.82 Å². The third-order valence-corrected chi connectivity index (χ3v) is 3.63. The molecule has 0 saturated heterocycles. The SMILES string of the molecule is CNCc1ccc(F)cc1-c1cc(C)c(C)cc1Cl. The number of hydrogen-bond acceptors (Lipinski definition) is 1. The molecule has 0 amide bonds. The van der Waals surface area contributed by atoms with E-state index in [1.807, 2.05) is 33.0 Å². The normalized spacial score (nSPS) is 10.8. The van der Waals surface area contributed by atoms with Crippen LogP contribution in [0.15, 0.2) is 30.3 Å². The molecule has 0 heterocycles. The fourth-order valence-corrected chi connectivity index (χ4v) is 2.45. The van der Waals surface area contributed by atoms with E-state index in [-0.39, 0.29) is 5.82 Å². The van der Waals surface area contributed by atoms with Crippen LogP contribution in [0.5, 0.6) is 0 Å². The van der Waals surface area contributed by atoms with Crippen LogP contribution in [0.1, 0.15) is 16.7 Å². The molecule has 2 aromatic carbocycles. The molecule has 0 fully saturated rings. The highest BCUT2D eigenvalue weighted by molar-refractivity contribution is 6.33. The zero-order valence-corrected chi connectivity index (χ0v) is 12.1. The van der Waals surface area contributed by atoms with Crippen molar-refractivity contribution in [2.45, 2.75) is 20.4 Å². The molecular formula is C16H17ClFN. The maximum absolute atomic E-state index is 13.5. The van der Waals surface area contributed by atoms with E-state index < -0.39 is 0 Å². The number of hydrogen-bond donors (Lipinski definition) is 1. The van der Waals surface area contributed by atoms with Crippen LogP contribution in [0.4, 0.5) is 4.39 Å². The predicted molar refractivity (Wildman–Crippen MR) is 79.1 cm³/mol. The second kappa shape index (κ2) is 5.72. The fraction of sp³-hybridized carbons (Fsp3) is 0.250. The van der Waals surface area contributed by atoms with Gasteiger partial charge in [0.15, 0.2) is 0 Å². The molecule has 2 aromatic rings. The van der Waals surface area contributed by atoms with Gasteiger partial charge < -0.3 is 5.32 Å². The lowest BCUT2D eigenvalue weighted by Gasteiger charge is -2.13. The molecule has 0 bridgehead atoms. The van der Waals surface area contributed by atoms with Crippen molar-refractivity contribution in [1.82, 2.24) is 5.32 Å². The van der Waals surface area contributed by atoms with Gasteiger partial charge in [-0.3, -0.25) is 0 Å². The molecule has 0 atom stereocenters. The van der Waals surface area contributed by atoms with Gasteiger partial charge in [-0.15, -0.1) is 0 Å². The van der Waals surface area contributed by atoms with Crippen LogP contribution in [-0.2, 0) is 6.54 Å². The van der Waals surface area contributed by atoms with Gasteiger partial charge in [0, 0.05) is 17.1 Å². The van der Waals surface area contributed by atoms with Crippen molar-refractivity contribution in [3.63, 3.8) is 0 Å². The first kappa shape index (κ1) is 14.0. The Kier molecular flexibility index (Phi) is 4.23. The smallest absolute Gasteiger partial charge is 0.123 e. The third kappa shape index (κ3) is 2.96. The quantitative estimate of drug-likeness (QED) is 0.872. The van der Waals surface area contributed by atoms with Gasteiger partial charge in [-0.1, -0.05) is 17.7 Å². The van der Waals surface area contributed by atoms with Crippen LogP contribution in [0.3, 0.4) is 0 Å². The average Bonchev–Trinajstić information content (AvgIpc) is 2.36. The monoisotopic (exact) mass is 277 g/mol. The van der Waals surface area contributed by atoms with E-state index in [0.717, 1.165) is 27.8 Å². The standard InChI is InChI=1S/C16H17ClFN/c1-10-6-15(16(17)7-11(10)2)14-8-13(18)5-4-12(14)9-19-3/h4-8,19H,9H2,1-3H3. The van der Waals surface area contributed by atoms with E-state index in [0.29, 0.717) is 11.6 Å². The van der Waals surface area contributed by atoms with Crippen LogP contribution in [0.2, 0.25) is 5.02 Å². The molecule has 0 spiro atoms. The van der Waals surface area contributed by atoms with Gasteiger partial charge in [-0.05, 0) is 67.4 Å². The van der Waals surface area contributed by atoms with E-state index >= 15 is 0 Å². The van der Waals surface area contributed by atoms with E-state index in [4.69, 9.17) is 11.6 Å². The molecule has 0 unspecified atom stereocenters. The second-order valence-electron chi connectivity index (χ2n) is 4.75. The third-order valence-electron chi connectivity index (χ3n) is 3.31. The van der Waals surface area contributed by atoms with Crippen LogP contribution in [0.25, 0.3) is 11.1 Å². The molecule has 0 saturated carbocycles. The van der Waals surface area contributed by atoms with Crippen LogP contribution in [-0.4, -0.2) is 7.05 Å². The molecule has 1 nitrogen and oxygen atoms in total. The lowest BCUT2D eigenvalue weighted by atomic mass is 9.96. The molecule has 0 aliphatic carbocycles. The molecule has 0 aromatic heterocycles. The Morgan fingerprint density at radius 3 is 2.42 bits per heavy atom. The van der Waals surface area contributed by atoms with Crippen LogP contribution < -0.4 is 5.32 Å². The molecule has 0 radical (unpaired) electrons. The predicted octanol–water partition coefficient (Wildman–Crippen LogP) is 4.48. The number of benzene rings is 2. The summed E-state index contributed by atoms with van der Waals surface area (Å²) in [5.74, 6) is -0.246. The minimum atomic E-state index is -0.246. The fourth-order valence-electron chi connectivity index (χ4n) is 2.13. The topological polar surface area (TPSA) is 12.0 Å². The summed E-state index contributed by atoms with van der Waals surface area (Å²) in [6.45, 7) is 4.73. The van der Waals surface area contributed by atoms with Crippen molar-refractivity contribution in [2.24, 2.45) is 0 Å². The zero-order valence-electron chi connectivity index (χ0n) is 11.3. The van der Waals surface area contributed by atoms with E-state index in [1.165, 1.54) is 6.07 Å². The first-order valence-corrected chi connectivity index (χ1v) is 6.61. The maximum atomic E-state index is 13.5. The summed E-state index contributed by atoms with van der Waals surface area (Å²) in [7, 11) is 1.87. The molecular weight excluding hydrogens is 261 g/mol. The van der Waals surface area contributed by atoms with Crippen LogP contribution >= 0.6 is 11.6 Å². The molecule has 0 aliphatic rings. The largest absolute Gasteiger partial charge is 0.316 e. The lowest BCUT2D eigenvalue weighted by Crippen LogP contribution is -2.06. The highest BCUT2D eigenvalue weighted by atomic mass is 35.5. The summed E-state index contributed by atoms with van der Waals surface area (Å²) in [5.41, 5.74) is 5.06. The van der Waals surface area contributed by atoms with Gasteiger partial charge in [-0.25, -0.2) is 4.39 Å². The Labute approximate surface area is 118 Å². The lowest BCUT2D eigenvalue weighted by molar-refractivity contribution is 0.627. The Morgan fingerprint density at radius 2 is 1.74 bits per heavy atom. The summed E-state index contributed by atoms with van der Waals surface area (Å²) < 4.78 is 13.5. The van der Waals surface area contributed by atoms with Crippen LogP contribution in [0, 0.1) is 19.7 Å². The zero-order chi connectivity index (χ0) is 14.0. The number of halogens is 2. The number of rotatable bonds is 3. The van der Waals surface area contributed by atoms with Crippen molar-refractivity contribution in [3.8, 4) is 11.1 Å². The summed E-state index contributed by atoms with van der Waals surface area (Å²) >= 11 is 6.32. The van der Waals surface area contributed by atoms with E-state index in [9.17, 15) is 4.39 Å². The van der Waals surface area contributed by atoms with Gasteiger partial charge in [-0.2, -0.15) is 0 Å². The van der Waals surface area contributed by atoms with Crippen molar-refractivity contribution in [1.29, 1.82) is 0 Å². The van der Waals surface area contributed by atoms with E-state index in [1.54, 1.807) is 12.1 Å². The van der Waals surface area contributed by atoms with Crippen molar-refractivity contribution < 1.29 is 4.39 Å². The van der Waals surface area contributed by atoms with Crippen molar-refractivity contribution in [3.05, 3.63) is 57.9 Å². The summed E-state index contributed by atoms with van der Waals surface area (Å²) in [6.07, 6.45) is 0.